The van der Waals surface area contributed by atoms with Crippen molar-refractivity contribution in [3.63, 3.8) is 0 Å². The van der Waals surface area contributed by atoms with Gasteiger partial charge in [0.25, 0.3) is 0 Å². The van der Waals surface area contributed by atoms with Crippen molar-refractivity contribution in [3.8, 4) is 22.6 Å². The summed E-state index contributed by atoms with van der Waals surface area (Å²) in [7, 11) is 3.34. The van der Waals surface area contributed by atoms with E-state index in [1.54, 1.807) is 20.5 Å². The summed E-state index contributed by atoms with van der Waals surface area (Å²) in [6.07, 6.45) is 1.59. The Morgan fingerprint density at radius 3 is 2.36 bits per heavy atom. The van der Waals surface area contributed by atoms with Crippen molar-refractivity contribution in [2.45, 2.75) is 6.54 Å². The third-order valence-corrected chi connectivity index (χ3v) is 4.66. The number of hydrogen-bond acceptors (Lipinski definition) is 5. The Bertz CT molecular complexity index is 1090. The number of nitrogens with one attached hydrogen (secondary N) is 1. The van der Waals surface area contributed by atoms with E-state index in [-0.39, 0.29) is 0 Å². The number of rotatable bonds is 6. The van der Waals surface area contributed by atoms with Gasteiger partial charge in [-0.25, -0.2) is 9.97 Å². The van der Waals surface area contributed by atoms with Crippen molar-refractivity contribution in [1.82, 2.24) is 9.97 Å². The lowest BCUT2D eigenvalue weighted by Crippen LogP contribution is -2.02. The highest BCUT2D eigenvalue weighted by molar-refractivity contribution is 5.92. The number of nitrogens with zero attached hydrogens (tertiary/aromatic N) is 2. The summed E-state index contributed by atoms with van der Waals surface area (Å²) >= 11 is 0. The Kier molecular flexibility index (Phi) is 5.06. The highest BCUT2D eigenvalue weighted by Gasteiger charge is 2.07. The fraction of sp³-hybridized carbons (Fsp3) is 0.130. The van der Waals surface area contributed by atoms with Gasteiger partial charge >= 0.3 is 0 Å². The number of hydrogen-bond donors (Lipinski definition) is 1. The summed E-state index contributed by atoms with van der Waals surface area (Å²) in [5, 5.41) is 4.40. The molecule has 140 valence electrons. The molecule has 0 aliphatic rings. The minimum atomic E-state index is 0.674. The van der Waals surface area contributed by atoms with Crippen LogP contribution in [0.15, 0.2) is 73.1 Å². The average Bonchev–Trinajstić information content (AvgIpc) is 2.77. The van der Waals surface area contributed by atoms with E-state index >= 15 is 0 Å². The highest BCUT2D eigenvalue weighted by Crippen LogP contribution is 2.28. The molecule has 0 saturated heterocycles. The SMILES string of the molecule is COc1ccc(CNc2ncnc3cc(-c4cccc(OC)c4)ccc23)cc1. The third-order valence-electron chi connectivity index (χ3n) is 4.66. The molecule has 0 aliphatic carbocycles. The molecule has 0 aliphatic heterocycles. The summed E-state index contributed by atoms with van der Waals surface area (Å²) in [5.74, 6) is 2.50. The van der Waals surface area contributed by atoms with E-state index in [9.17, 15) is 0 Å². The Hall–Kier alpha value is -3.60. The molecule has 0 bridgehead atoms. The lowest BCUT2D eigenvalue weighted by Gasteiger charge is -2.10. The molecule has 1 N–H and O–H groups in total. The average molecular weight is 371 g/mol. The normalized spacial score (nSPS) is 10.6. The monoisotopic (exact) mass is 371 g/mol. The first-order valence-corrected chi connectivity index (χ1v) is 9.03. The second-order valence-corrected chi connectivity index (χ2v) is 6.39. The zero-order chi connectivity index (χ0) is 19.3. The van der Waals surface area contributed by atoms with Crippen LogP contribution >= 0.6 is 0 Å². The molecule has 1 aromatic heterocycles. The van der Waals surface area contributed by atoms with Crippen LogP contribution in [-0.4, -0.2) is 24.2 Å². The molecule has 5 heteroatoms. The molecular formula is C23H21N3O2. The second kappa shape index (κ2) is 7.96. The highest BCUT2D eigenvalue weighted by atomic mass is 16.5. The van der Waals surface area contributed by atoms with Crippen molar-refractivity contribution in [2.24, 2.45) is 0 Å². The first kappa shape index (κ1) is 17.8. The standard InChI is InChI=1S/C23H21N3O2/c1-27-19-9-6-16(7-10-19)14-24-23-21-11-8-18(13-22(21)25-15-26-23)17-4-3-5-20(12-17)28-2/h3-13,15H,14H2,1-2H3,(H,24,25,26). The van der Waals surface area contributed by atoms with E-state index in [1.165, 1.54) is 0 Å². The van der Waals surface area contributed by atoms with Crippen LogP contribution in [0, 0.1) is 0 Å². The molecule has 0 radical (unpaired) electrons. The molecule has 0 fully saturated rings. The zero-order valence-corrected chi connectivity index (χ0v) is 15.8. The van der Waals surface area contributed by atoms with Crippen LogP contribution in [0.5, 0.6) is 11.5 Å². The van der Waals surface area contributed by atoms with Gasteiger partial charge in [0.2, 0.25) is 0 Å². The van der Waals surface area contributed by atoms with E-state index in [0.717, 1.165) is 44.9 Å². The maximum atomic E-state index is 5.33. The van der Waals surface area contributed by atoms with Gasteiger partial charge < -0.3 is 14.8 Å². The molecule has 4 aromatic rings. The summed E-state index contributed by atoms with van der Waals surface area (Å²) in [5.41, 5.74) is 4.23. The van der Waals surface area contributed by atoms with Gasteiger partial charge in [-0.15, -0.1) is 0 Å². The molecule has 1 heterocycles. The predicted octanol–water partition coefficient (Wildman–Crippen LogP) is 4.93. The molecule has 3 aromatic carbocycles. The van der Waals surface area contributed by atoms with Crippen LogP contribution in [0.2, 0.25) is 0 Å². The van der Waals surface area contributed by atoms with Crippen molar-refractivity contribution in [2.75, 3.05) is 19.5 Å². The fourth-order valence-electron chi connectivity index (χ4n) is 3.11. The van der Waals surface area contributed by atoms with Gasteiger partial charge in [-0.2, -0.15) is 0 Å². The molecule has 0 atom stereocenters. The smallest absolute Gasteiger partial charge is 0.137 e. The number of anilines is 1. The van der Waals surface area contributed by atoms with E-state index in [0.29, 0.717) is 6.54 Å². The fourth-order valence-corrected chi connectivity index (χ4v) is 3.11. The van der Waals surface area contributed by atoms with Crippen LogP contribution in [0.25, 0.3) is 22.0 Å². The van der Waals surface area contributed by atoms with Gasteiger partial charge in [-0.1, -0.05) is 30.3 Å². The largest absolute Gasteiger partial charge is 0.497 e. The van der Waals surface area contributed by atoms with E-state index in [4.69, 9.17) is 9.47 Å². The molecule has 0 spiro atoms. The minimum Gasteiger partial charge on any atom is -0.497 e. The minimum absolute atomic E-state index is 0.674. The molecule has 5 nitrogen and oxygen atoms in total. The first-order valence-electron chi connectivity index (χ1n) is 9.03. The van der Waals surface area contributed by atoms with Crippen molar-refractivity contribution in [1.29, 1.82) is 0 Å². The molecule has 0 saturated carbocycles. The summed E-state index contributed by atoms with van der Waals surface area (Å²) < 4.78 is 10.5. The number of methoxy groups -OCH3 is 2. The second-order valence-electron chi connectivity index (χ2n) is 6.39. The van der Waals surface area contributed by atoms with E-state index in [2.05, 4.69) is 39.6 Å². The lowest BCUT2D eigenvalue weighted by molar-refractivity contribution is 0.414. The van der Waals surface area contributed by atoms with Crippen LogP contribution in [-0.2, 0) is 6.54 Å². The topological polar surface area (TPSA) is 56.3 Å². The van der Waals surface area contributed by atoms with Crippen molar-refractivity contribution >= 4 is 16.7 Å². The van der Waals surface area contributed by atoms with E-state index < -0.39 is 0 Å². The maximum absolute atomic E-state index is 5.33. The Labute approximate surface area is 164 Å². The molecule has 28 heavy (non-hydrogen) atoms. The van der Waals surface area contributed by atoms with Crippen LogP contribution in [0.1, 0.15) is 5.56 Å². The zero-order valence-electron chi connectivity index (χ0n) is 15.8. The number of fused-ring (bicyclic) bond motifs is 1. The first-order chi connectivity index (χ1) is 13.8. The lowest BCUT2D eigenvalue weighted by atomic mass is 10.0. The Morgan fingerprint density at radius 2 is 1.57 bits per heavy atom. The predicted molar refractivity (Wildman–Crippen MR) is 112 cm³/mol. The Balaban J connectivity index is 1.59. The summed E-state index contributed by atoms with van der Waals surface area (Å²) in [6.45, 7) is 0.674. The third kappa shape index (κ3) is 3.74. The van der Waals surface area contributed by atoms with Crippen molar-refractivity contribution in [3.05, 3.63) is 78.6 Å². The number of ether oxygens (including phenoxy) is 2. The molecule has 0 amide bonds. The Morgan fingerprint density at radius 1 is 0.786 bits per heavy atom. The van der Waals surface area contributed by atoms with Gasteiger partial charge in [0.15, 0.2) is 0 Å². The van der Waals surface area contributed by atoms with Crippen molar-refractivity contribution < 1.29 is 9.47 Å². The van der Waals surface area contributed by atoms with Gasteiger partial charge in [0.05, 0.1) is 19.7 Å². The summed E-state index contributed by atoms with van der Waals surface area (Å²) in [6, 6.07) is 22.2. The quantitative estimate of drug-likeness (QED) is 0.521. The molecule has 4 rings (SSSR count). The van der Waals surface area contributed by atoms with Crippen LogP contribution < -0.4 is 14.8 Å². The summed E-state index contributed by atoms with van der Waals surface area (Å²) in [4.78, 5) is 8.87. The van der Waals surface area contributed by atoms with Crippen LogP contribution in [0.4, 0.5) is 5.82 Å². The van der Waals surface area contributed by atoms with E-state index in [1.807, 2.05) is 42.5 Å². The molecular weight excluding hydrogens is 350 g/mol. The van der Waals surface area contributed by atoms with Gasteiger partial charge in [-0.3, -0.25) is 0 Å². The number of aromatic nitrogens is 2. The van der Waals surface area contributed by atoms with Gasteiger partial charge in [0.1, 0.15) is 23.6 Å². The van der Waals surface area contributed by atoms with Gasteiger partial charge in [-0.05, 0) is 53.1 Å². The van der Waals surface area contributed by atoms with Crippen LogP contribution in [0.3, 0.4) is 0 Å². The maximum Gasteiger partial charge on any atom is 0.137 e. The number of benzene rings is 3. The van der Waals surface area contributed by atoms with Gasteiger partial charge in [0, 0.05) is 11.9 Å². The molecule has 0 unspecified atom stereocenters.